The van der Waals surface area contributed by atoms with Crippen LogP contribution in [0.4, 0.5) is 0 Å². The van der Waals surface area contributed by atoms with Gasteiger partial charge in [0.25, 0.3) is 0 Å². The van der Waals surface area contributed by atoms with Crippen molar-refractivity contribution in [3.63, 3.8) is 0 Å². The standard InChI is InChI=1S/C12H11ClO3/c1-2-8-3-4-9(7-10(8)13)11(14)5-6-12(15)16/h3-7H,2H2,1H3,(H,15,16)/b6-5+. The molecule has 0 unspecified atom stereocenters. The van der Waals surface area contributed by atoms with Gasteiger partial charge in [0.1, 0.15) is 0 Å². The number of hydrogen-bond donors (Lipinski definition) is 1. The largest absolute Gasteiger partial charge is 0.478 e. The highest BCUT2D eigenvalue weighted by Crippen LogP contribution is 2.18. The Balaban J connectivity index is 2.93. The molecule has 0 bridgehead atoms. The van der Waals surface area contributed by atoms with Crippen molar-refractivity contribution in [2.75, 3.05) is 0 Å². The lowest BCUT2D eigenvalue weighted by molar-refractivity contribution is -0.131. The van der Waals surface area contributed by atoms with Crippen LogP contribution in [-0.2, 0) is 11.2 Å². The van der Waals surface area contributed by atoms with E-state index in [0.29, 0.717) is 10.6 Å². The summed E-state index contributed by atoms with van der Waals surface area (Å²) in [6.45, 7) is 1.97. The topological polar surface area (TPSA) is 54.4 Å². The first kappa shape index (κ1) is 12.5. The van der Waals surface area contributed by atoms with Crippen molar-refractivity contribution in [1.82, 2.24) is 0 Å². The third-order valence-corrected chi connectivity index (χ3v) is 2.45. The number of carboxylic acid groups (broad SMARTS) is 1. The zero-order valence-electron chi connectivity index (χ0n) is 8.74. The summed E-state index contributed by atoms with van der Waals surface area (Å²) in [5.74, 6) is -1.52. The molecule has 0 fully saturated rings. The van der Waals surface area contributed by atoms with Gasteiger partial charge in [0.15, 0.2) is 5.78 Å². The molecular weight excluding hydrogens is 228 g/mol. The Morgan fingerprint density at radius 2 is 2.06 bits per heavy atom. The van der Waals surface area contributed by atoms with Crippen LogP contribution in [0.5, 0.6) is 0 Å². The summed E-state index contributed by atoms with van der Waals surface area (Å²) in [4.78, 5) is 21.7. The van der Waals surface area contributed by atoms with Crippen LogP contribution in [0.15, 0.2) is 30.4 Å². The van der Waals surface area contributed by atoms with E-state index in [1.54, 1.807) is 18.2 Å². The Hall–Kier alpha value is -1.61. The number of ketones is 1. The molecule has 3 nitrogen and oxygen atoms in total. The monoisotopic (exact) mass is 238 g/mol. The van der Waals surface area contributed by atoms with Crippen LogP contribution >= 0.6 is 11.6 Å². The molecule has 0 radical (unpaired) electrons. The summed E-state index contributed by atoms with van der Waals surface area (Å²) in [6.07, 6.45) is 2.61. The van der Waals surface area contributed by atoms with Crippen LogP contribution in [-0.4, -0.2) is 16.9 Å². The first-order chi connectivity index (χ1) is 7.54. The van der Waals surface area contributed by atoms with Gasteiger partial charge < -0.3 is 5.11 Å². The third kappa shape index (κ3) is 3.21. The molecule has 84 valence electrons. The van der Waals surface area contributed by atoms with Gasteiger partial charge in [-0.1, -0.05) is 30.7 Å². The van der Waals surface area contributed by atoms with E-state index in [1.165, 1.54) is 0 Å². The van der Waals surface area contributed by atoms with Crippen LogP contribution in [0.1, 0.15) is 22.8 Å². The van der Waals surface area contributed by atoms with Crippen molar-refractivity contribution in [3.8, 4) is 0 Å². The minimum absolute atomic E-state index is 0.369. The summed E-state index contributed by atoms with van der Waals surface area (Å²) in [5.41, 5.74) is 1.35. The molecule has 0 saturated heterocycles. The maximum absolute atomic E-state index is 11.5. The van der Waals surface area contributed by atoms with Gasteiger partial charge in [0.2, 0.25) is 0 Å². The van der Waals surface area contributed by atoms with E-state index < -0.39 is 5.97 Å². The second-order valence-corrected chi connectivity index (χ2v) is 3.60. The molecule has 0 aliphatic heterocycles. The fraction of sp³-hybridized carbons (Fsp3) is 0.167. The molecule has 0 aromatic heterocycles. The molecule has 0 saturated carbocycles. The number of carbonyl (C=O) groups excluding carboxylic acids is 1. The van der Waals surface area contributed by atoms with Crippen molar-refractivity contribution < 1.29 is 14.7 Å². The minimum atomic E-state index is -1.15. The van der Waals surface area contributed by atoms with Crippen LogP contribution in [0, 0.1) is 0 Å². The second kappa shape index (κ2) is 5.47. The van der Waals surface area contributed by atoms with E-state index in [2.05, 4.69) is 0 Å². The maximum Gasteiger partial charge on any atom is 0.328 e. The molecule has 16 heavy (non-hydrogen) atoms. The number of carbonyl (C=O) groups is 2. The van der Waals surface area contributed by atoms with Crippen LogP contribution < -0.4 is 0 Å². The van der Waals surface area contributed by atoms with E-state index in [-0.39, 0.29) is 5.78 Å². The predicted molar refractivity (Wildman–Crippen MR) is 61.9 cm³/mol. The SMILES string of the molecule is CCc1ccc(C(=O)/C=C/C(=O)O)cc1Cl. The van der Waals surface area contributed by atoms with E-state index in [0.717, 1.165) is 24.1 Å². The van der Waals surface area contributed by atoms with Crippen LogP contribution in [0.3, 0.4) is 0 Å². The summed E-state index contributed by atoms with van der Waals surface area (Å²) in [7, 11) is 0. The molecule has 0 aliphatic rings. The number of benzene rings is 1. The number of hydrogen-bond acceptors (Lipinski definition) is 2. The smallest absolute Gasteiger partial charge is 0.328 e. The molecule has 1 aromatic rings. The number of aryl methyl sites for hydroxylation is 1. The molecule has 0 atom stereocenters. The maximum atomic E-state index is 11.5. The lowest BCUT2D eigenvalue weighted by Gasteiger charge is -2.02. The highest BCUT2D eigenvalue weighted by Gasteiger charge is 2.05. The van der Waals surface area contributed by atoms with Gasteiger partial charge in [-0.25, -0.2) is 4.79 Å². The van der Waals surface area contributed by atoms with E-state index in [4.69, 9.17) is 16.7 Å². The third-order valence-electron chi connectivity index (χ3n) is 2.10. The van der Waals surface area contributed by atoms with E-state index in [9.17, 15) is 9.59 Å². The molecule has 0 amide bonds. The normalized spacial score (nSPS) is 10.6. The lowest BCUT2D eigenvalue weighted by atomic mass is 10.1. The number of rotatable bonds is 4. The zero-order chi connectivity index (χ0) is 12.1. The lowest BCUT2D eigenvalue weighted by Crippen LogP contribution is -1.97. The quantitative estimate of drug-likeness (QED) is 0.648. The number of aliphatic carboxylic acids is 1. The van der Waals surface area contributed by atoms with Gasteiger partial charge >= 0.3 is 5.97 Å². The number of halogens is 1. The van der Waals surface area contributed by atoms with Crippen LogP contribution in [0.25, 0.3) is 0 Å². The fourth-order valence-corrected chi connectivity index (χ4v) is 1.54. The van der Waals surface area contributed by atoms with Crippen molar-refractivity contribution in [2.24, 2.45) is 0 Å². The second-order valence-electron chi connectivity index (χ2n) is 3.20. The summed E-state index contributed by atoms with van der Waals surface area (Å²) in [6, 6.07) is 4.96. The first-order valence-electron chi connectivity index (χ1n) is 4.78. The van der Waals surface area contributed by atoms with Gasteiger partial charge in [-0.3, -0.25) is 4.79 Å². The van der Waals surface area contributed by atoms with Gasteiger partial charge in [0.05, 0.1) is 0 Å². The summed E-state index contributed by atoms with van der Waals surface area (Å²) >= 11 is 5.94. The number of carboxylic acids is 1. The van der Waals surface area contributed by atoms with Crippen molar-refractivity contribution in [3.05, 3.63) is 46.5 Å². The Morgan fingerprint density at radius 1 is 1.38 bits per heavy atom. The molecule has 1 N–H and O–H groups in total. The van der Waals surface area contributed by atoms with Gasteiger partial charge in [-0.05, 0) is 24.1 Å². The number of allylic oxidation sites excluding steroid dienone is 1. The fourth-order valence-electron chi connectivity index (χ4n) is 1.23. The minimum Gasteiger partial charge on any atom is -0.478 e. The Morgan fingerprint density at radius 3 is 2.56 bits per heavy atom. The Labute approximate surface area is 98.4 Å². The molecular formula is C12H11ClO3. The van der Waals surface area contributed by atoms with E-state index in [1.807, 2.05) is 6.92 Å². The van der Waals surface area contributed by atoms with E-state index >= 15 is 0 Å². The highest BCUT2D eigenvalue weighted by molar-refractivity contribution is 6.31. The van der Waals surface area contributed by atoms with Crippen molar-refractivity contribution >= 4 is 23.4 Å². The Bertz CT molecular complexity index is 450. The van der Waals surface area contributed by atoms with Gasteiger partial charge in [-0.2, -0.15) is 0 Å². The molecule has 0 heterocycles. The molecule has 0 spiro atoms. The molecule has 1 aromatic carbocycles. The van der Waals surface area contributed by atoms with Crippen molar-refractivity contribution in [1.29, 1.82) is 0 Å². The van der Waals surface area contributed by atoms with Crippen LogP contribution in [0.2, 0.25) is 5.02 Å². The van der Waals surface area contributed by atoms with Crippen molar-refractivity contribution in [2.45, 2.75) is 13.3 Å². The first-order valence-corrected chi connectivity index (χ1v) is 5.16. The predicted octanol–water partition coefficient (Wildman–Crippen LogP) is 2.73. The van der Waals surface area contributed by atoms with Gasteiger partial charge in [0, 0.05) is 16.7 Å². The Kier molecular flexibility index (Phi) is 4.26. The molecule has 0 aliphatic carbocycles. The zero-order valence-corrected chi connectivity index (χ0v) is 9.49. The highest BCUT2D eigenvalue weighted by atomic mass is 35.5. The average molecular weight is 239 g/mol. The van der Waals surface area contributed by atoms with Gasteiger partial charge in [-0.15, -0.1) is 0 Å². The summed E-state index contributed by atoms with van der Waals surface area (Å²) < 4.78 is 0. The summed E-state index contributed by atoms with van der Waals surface area (Å²) in [5, 5.41) is 8.91. The average Bonchev–Trinajstić information content (AvgIpc) is 2.25. The molecule has 4 heteroatoms. The molecule has 1 rings (SSSR count).